The summed E-state index contributed by atoms with van der Waals surface area (Å²) in [5.74, 6) is 0.856. The van der Waals surface area contributed by atoms with Crippen LogP contribution in [0.2, 0.25) is 0 Å². The first-order chi connectivity index (χ1) is 8.30. The molecule has 0 saturated carbocycles. The summed E-state index contributed by atoms with van der Waals surface area (Å²) in [6.45, 7) is 8.71. The van der Waals surface area contributed by atoms with Crippen molar-refractivity contribution in [3.05, 3.63) is 23.3 Å². The van der Waals surface area contributed by atoms with Crippen LogP contribution in [-0.4, -0.2) is 20.7 Å². The van der Waals surface area contributed by atoms with Gasteiger partial charge < -0.3 is 9.64 Å². The summed E-state index contributed by atoms with van der Waals surface area (Å²) in [6.07, 6.45) is 0. The molecule has 0 N–H and O–H groups in total. The molecule has 0 aliphatic heterocycles. The number of anilines is 1. The van der Waals surface area contributed by atoms with Crippen molar-refractivity contribution in [2.75, 3.05) is 25.6 Å². The topological polar surface area (TPSA) is 36.3 Å². The van der Waals surface area contributed by atoms with Crippen molar-refractivity contribution in [3.63, 3.8) is 0 Å². The quantitative estimate of drug-likeness (QED) is 0.818. The van der Waals surface area contributed by atoms with E-state index in [-0.39, 0.29) is 5.41 Å². The van der Waals surface area contributed by atoms with Crippen molar-refractivity contribution < 1.29 is 4.74 Å². The van der Waals surface area contributed by atoms with Crippen molar-refractivity contribution in [3.8, 4) is 11.8 Å². The molecule has 0 unspecified atom stereocenters. The van der Waals surface area contributed by atoms with Crippen molar-refractivity contribution in [1.82, 2.24) is 0 Å². The lowest BCUT2D eigenvalue weighted by molar-refractivity contribution is 0.412. The molecule has 18 heavy (non-hydrogen) atoms. The van der Waals surface area contributed by atoms with E-state index in [2.05, 4.69) is 30.9 Å². The van der Waals surface area contributed by atoms with Crippen molar-refractivity contribution >= 4 is 5.69 Å². The van der Waals surface area contributed by atoms with E-state index in [9.17, 15) is 0 Å². The van der Waals surface area contributed by atoms with Gasteiger partial charge in [0.1, 0.15) is 5.75 Å². The van der Waals surface area contributed by atoms with Gasteiger partial charge in [-0.2, -0.15) is 5.26 Å². The average Bonchev–Trinajstić information content (AvgIpc) is 2.31. The Morgan fingerprint density at radius 2 is 1.83 bits per heavy atom. The predicted octanol–water partition coefficient (Wildman–Crippen LogP) is 3.30. The minimum atomic E-state index is -0.376. The van der Waals surface area contributed by atoms with Gasteiger partial charge in [0.15, 0.2) is 0 Å². The number of hydrogen-bond donors (Lipinski definition) is 0. The normalized spacial score (nSPS) is 10.9. The van der Waals surface area contributed by atoms with E-state index < -0.39 is 0 Å². The SMILES string of the molecule is COc1cc(C)c(C)cc1N(C)CC(C)(C)C#N. The van der Waals surface area contributed by atoms with E-state index in [1.54, 1.807) is 7.11 Å². The van der Waals surface area contributed by atoms with E-state index >= 15 is 0 Å². The molecule has 0 aliphatic carbocycles. The third kappa shape index (κ3) is 3.16. The molecule has 0 fully saturated rings. The molecule has 3 nitrogen and oxygen atoms in total. The Morgan fingerprint density at radius 3 is 2.33 bits per heavy atom. The summed E-state index contributed by atoms with van der Waals surface area (Å²) in [5, 5.41) is 9.11. The summed E-state index contributed by atoms with van der Waals surface area (Å²) in [4.78, 5) is 2.08. The first-order valence-electron chi connectivity index (χ1n) is 6.08. The largest absolute Gasteiger partial charge is 0.495 e. The molecule has 1 aromatic rings. The number of benzene rings is 1. The maximum absolute atomic E-state index is 9.11. The molecule has 1 aromatic carbocycles. The van der Waals surface area contributed by atoms with Gasteiger partial charge in [0.2, 0.25) is 0 Å². The Balaban J connectivity index is 3.09. The van der Waals surface area contributed by atoms with Crippen molar-refractivity contribution in [1.29, 1.82) is 5.26 Å². The van der Waals surface area contributed by atoms with Gasteiger partial charge in [0.05, 0.1) is 24.3 Å². The van der Waals surface area contributed by atoms with Gasteiger partial charge in [-0.15, -0.1) is 0 Å². The van der Waals surface area contributed by atoms with Gasteiger partial charge in [-0.25, -0.2) is 0 Å². The molecule has 0 saturated heterocycles. The average molecular weight is 246 g/mol. The zero-order chi connectivity index (χ0) is 13.9. The third-order valence-electron chi connectivity index (χ3n) is 3.14. The molecule has 0 radical (unpaired) electrons. The lowest BCUT2D eigenvalue weighted by atomic mass is 9.95. The molecule has 0 spiro atoms. The minimum Gasteiger partial charge on any atom is -0.495 e. The molecule has 0 bridgehead atoms. The van der Waals surface area contributed by atoms with E-state index in [0.717, 1.165) is 11.4 Å². The first-order valence-corrected chi connectivity index (χ1v) is 6.08. The molecule has 3 heteroatoms. The summed E-state index contributed by atoms with van der Waals surface area (Å²) >= 11 is 0. The number of aryl methyl sites for hydroxylation is 2. The number of methoxy groups -OCH3 is 1. The van der Waals surface area contributed by atoms with Gasteiger partial charge in [-0.05, 0) is 51.0 Å². The zero-order valence-corrected chi connectivity index (χ0v) is 12.2. The minimum absolute atomic E-state index is 0.376. The Hall–Kier alpha value is -1.69. The van der Waals surface area contributed by atoms with Crippen LogP contribution < -0.4 is 9.64 Å². The highest BCUT2D eigenvalue weighted by Crippen LogP contribution is 2.32. The molecule has 0 amide bonds. The van der Waals surface area contributed by atoms with Crippen LogP contribution in [0.5, 0.6) is 5.75 Å². The lowest BCUT2D eigenvalue weighted by Crippen LogP contribution is -2.30. The fourth-order valence-electron chi connectivity index (χ4n) is 1.95. The highest BCUT2D eigenvalue weighted by molar-refractivity contribution is 5.61. The predicted molar refractivity (Wildman–Crippen MR) is 75.1 cm³/mol. The highest BCUT2D eigenvalue weighted by atomic mass is 16.5. The standard InChI is InChI=1S/C15H22N2O/c1-11-7-13(14(18-6)8-12(11)2)17(5)10-15(3,4)9-16/h7-8H,10H2,1-6H3. The lowest BCUT2D eigenvalue weighted by Gasteiger charge is -2.28. The molecule has 1 rings (SSSR count). The fourth-order valence-corrected chi connectivity index (χ4v) is 1.95. The van der Waals surface area contributed by atoms with Crippen LogP contribution in [-0.2, 0) is 0 Å². The Labute approximate surface area is 110 Å². The monoisotopic (exact) mass is 246 g/mol. The molecule has 0 heterocycles. The molecular weight excluding hydrogens is 224 g/mol. The Bertz CT molecular complexity index is 472. The fraction of sp³-hybridized carbons (Fsp3) is 0.533. The smallest absolute Gasteiger partial charge is 0.142 e. The summed E-state index contributed by atoms with van der Waals surface area (Å²) in [7, 11) is 3.67. The van der Waals surface area contributed by atoms with Crippen LogP contribution in [0.4, 0.5) is 5.69 Å². The van der Waals surface area contributed by atoms with Crippen molar-refractivity contribution in [2.45, 2.75) is 27.7 Å². The highest BCUT2D eigenvalue weighted by Gasteiger charge is 2.21. The molecule has 0 atom stereocenters. The Morgan fingerprint density at radius 1 is 1.28 bits per heavy atom. The van der Waals surface area contributed by atoms with Gasteiger partial charge in [-0.3, -0.25) is 0 Å². The molecule has 98 valence electrons. The maximum atomic E-state index is 9.11. The number of hydrogen-bond acceptors (Lipinski definition) is 3. The van der Waals surface area contributed by atoms with E-state index in [4.69, 9.17) is 10.00 Å². The molecule has 0 aromatic heterocycles. The molecular formula is C15H22N2O. The van der Waals surface area contributed by atoms with Gasteiger partial charge in [-0.1, -0.05) is 0 Å². The van der Waals surface area contributed by atoms with E-state index in [1.165, 1.54) is 11.1 Å². The summed E-state index contributed by atoms with van der Waals surface area (Å²) in [5.41, 5.74) is 3.10. The van der Waals surface area contributed by atoms with Crippen LogP contribution in [0.1, 0.15) is 25.0 Å². The maximum Gasteiger partial charge on any atom is 0.142 e. The zero-order valence-electron chi connectivity index (χ0n) is 12.2. The number of rotatable bonds is 4. The van der Waals surface area contributed by atoms with Gasteiger partial charge in [0.25, 0.3) is 0 Å². The van der Waals surface area contributed by atoms with Crippen molar-refractivity contribution in [2.24, 2.45) is 5.41 Å². The van der Waals surface area contributed by atoms with Gasteiger partial charge >= 0.3 is 0 Å². The van der Waals surface area contributed by atoms with E-state index in [1.807, 2.05) is 27.0 Å². The number of nitrogens with zero attached hydrogens (tertiary/aromatic N) is 2. The van der Waals surface area contributed by atoms with Crippen LogP contribution in [0, 0.1) is 30.6 Å². The summed E-state index contributed by atoms with van der Waals surface area (Å²) < 4.78 is 5.43. The van der Waals surface area contributed by atoms with E-state index in [0.29, 0.717) is 6.54 Å². The number of ether oxygens (including phenoxy) is 1. The second-order valence-electron chi connectivity index (χ2n) is 5.46. The van der Waals surface area contributed by atoms with Crippen LogP contribution in [0.15, 0.2) is 12.1 Å². The summed E-state index contributed by atoms with van der Waals surface area (Å²) in [6, 6.07) is 6.48. The Kier molecular flexibility index (Phi) is 4.24. The van der Waals surface area contributed by atoms with Crippen LogP contribution >= 0.6 is 0 Å². The third-order valence-corrected chi connectivity index (χ3v) is 3.14. The second-order valence-corrected chi connectivity index (χ2v) is 5.46. The van der Waals surface area contributed by atoms with Crippen LogP contribution in [0.3, 0.4) is 0 Å². The number of nitriles is 1. The second kappa shape index (κ2) is 5.30. The molecule has 0 aliphatic rings. The van der Waals surface area contributed by atoms with Gasteiger partial charge in [0, 0.05) is 13.6 Å². The van der Waals surface area contributed by atoms with Crippen LogP contribution in [0.25, 0.3) is 0 Å². The first kappa shape index (κ1) is 14.4.